The summed E-state index contributed by atoms with van der Waals surface area (Å²) in [5.74, 6) is 0.585. The summed E-state index contributed by atoms with van der Waals surface area (Å²) in [7, 11) is 0. The molecule has 6 heteroatoms. The first-order valence-corrected chi connectivity index (χ1v) is 8.07. The van der Waals surface area contributed by atoms with Crippen LogP contribution in [0.25, 0.3) is 11.1 Å². The third-order valence-corrected chi connectivity index (χ3v) is 4.18. The normalized spacial score (nSPS) is 10.7. The second kappa shape index (κ2) is 6.67. The van der Waals surface area contributed by atoms with E-state index in [9.17, 15) is 5.11 Å². The van der Waals surface area contributed by atoms with E-state index in [0.717, 1.165) is 22.4 Å². The van der Waals surface area contributed by atoms with Crippen molar-refractivity contribution in [2.75, 3.05) is 5.32 Å². The van der Waals surface area contributed by atoms with Crippen LogP contribution in [0, 0.1) is 13.8 Å². The molecule has 0 bridgehead atoms. The van der Waals surface area contributed by atoms with Crippen molar-refractivity contribution in [3.05, 3.63) is 63.9 Å². The highest BCUT2D eigenvalue weighted by Crippen LogP contribution is 2.36. The molecule has 122 valence electrons. The van der Waals surface area contributed by atoms with E-state index in [2.05, 4.69) is 15.3 Å². The fraction of sp³-hybridized carbons (Fsp3) is 0.111. The summed E-state index contributed by atoms with van der Waals surface area (Å²) in [6.07, 6.45) is 0. The number of rotatable bonds is 3. The number of aryl methyl sites for hydroxylation is 2. The molecule has 24 heavy (non-hydrogen) atoms. The van der Waals surface area contributed by atoms with Crippen molar-refractivity contribution < 1.29 is 5.11 Å². The zero-order chi connectivity index (χ0) is 17.3. The summed E-state index contributed by atoms with van der Waals surface area (Å²) in [5.41, 5.74) is 3.63. The highest BCUT2D eigenvalue weighted by atomic mass is 35.5. The van der Waals surface area contributed by atoms with Gasteiger partial charge in [-0.2, -0.15) is 0 Å². The summed E-state index contributed by atoms with van der Waals surface area (Å²) < 4.78 is 0. The monoisotopic (exact) mass is 359 g/mol. The Hall–Kier alpha value is -2.30. The number of hydrogen-bond acceptors (Lipinski definition) is 4. The summed E-state index contributed by atoms with van der Waals surface area (Å²) in [5, 5.41) is 13.5. The van der Waals surface area contributed by atoms with E-state index in [0.29, 0.717) is 11.5 Å². The topological polar surface area (TPSA) is 58.0 Å². The molecule has 0 atom stereocenters. The van der Waals surface area contributed by atoms with Gasteiger partial charge in [0.1, 0.15) is 16.1 Å². The predicted octanol–water partition coefficient (Wildman–Crippen LogP) is 5.52. The largest absolute Gasteiger partial charge is 0.507 e. The number of hydrogen-bond donors (Lipinski definition) is 2. The van der Waals surface area contributed by atoms with Gasteiger partial charge in [-0.25, -0.2) is 9.97 Å². The lowest BCUT2D eigenvalue weighted by molar-refractivity contribution is 0.467. The smallest absolute Gasteiger partial charge is 0.230 e. The van der Waals surface area contributed by atoms with Gasteiger partial charge in [-0.1, -0.05) is 41.4 Å². The molecule has 0 unspecified atom stereocenters. The number of halogens is 2. The Morgan fingerprint density at radius 1 is 0.917 bits per heavy atom. The lowest BCUT2D eigenvalue weighted by Gasteiger charge is -2.12. The molecule has 0 saturated carbocycles. The maximum Gasteiger partial charge on any atom is 0.230 e. The summed E-state index contributed by atoms with van der Waals surface area (Å²) in [4.78, 5) is 8.57. The molecule has 1 aromatic heterocycles. The minimum atomic E-state index is 0.248. The average molecular weight is 360 g/mol. The molecule has 0 fully saturated rings. The minimum Gasteiger partial charge on any atom is -0.507 e. The molecule has 0 aliphatic rings. The SMILES string of the molecule is Cc1cc(-c2c(Cl)nc(Nc3ccccc3)nc2Cl)cc(C)c1O. The molecule has 3 rings (SSSR count). The van der Waals surface area contributed by atoms with Gasteiger partial charge in [0.05, 0.1) is 5.56 Å². The highest BCUT2D eigenvalue weighted by Gasteiger charge is 2.16. The van der Waals surface area contributed by atoms with Crippen molar-refractivity contribution in [2.45, 2.75) is 13.8 Å². The van der Waals surface area contributed by atoms with Gasteiger partial charge in [-0.3, -0.25) is 0 Å². The standard InChI is InChI=1S/C18H15Cl2N3O/c1-10-8-12(9-11(2)15(10)24)14-16(19)22-18(23-17(14)20)21-13-6-4-3-5-7-13/h3-9,24H,1-2H3,(H,21,22,23). The zero-order valence-corrected chi connectivity index (χ0v) is 14.7. The number of para-hydroxylation sites is 1. The molecule has 0 amide bonds. The Bertz CT molecular complexity index is 852. The third-order valence-electron chi connectivity index (χ3n) is 3.63. The van der Waals surface area contributed by atoms with Gasteiger partial charge >= 0.3 is 0 Å². The van der Waals surface area contributed by atoms with Gasteiger partial charge in [-0.15, -0.1) is 0 Å². The van der Waals surface area contributed by atoms with Gasteiger partial charge in [0.2, 0.25) is 5.95 Å². The lowest BCUT2D eigenvalue weighted by Crippen LogP contribution is -1.99. The Kier molecular flexibility index (Phi) is 4.60. The van der Waals surface area contributed by atoms with Crippen LogP contribution in [-0.2, 0) is 0 Å². The minimum absolute atomic E-state index is 0.248. The van der Waals surface area contributed by atoms with Gasteiger partial charge in [0, 0.05) is 5.69 Å². The van der Waals surface area contributed by atoms with Crippen LogP contribution >= 0.6 is 23.2 Å². The molecule has 0 spiro atoms. The van der Waals surface area contributed by atoms with Crippen molar-refractivity contribution >= 4 is 34.8 Å². The summed E-state index contributed by atoms with van der Waals surface area (Å²) >= 11 is 12.7. The maximum absolute atomic E-state index is 9.92. The number of benzene rings is 2. The maximum atomic E-state index is 9.92. The van der Waals surface area contributed by atoms with E-state index >= 15 is 0 Å². The van der Waals surface area contributed by atoms with Crippen LogP contribution in [0.3, 0.4) is 0 Å². The first kappa shape index (κ1) is 16.6. The van der Waals surface area contributed by atoms with Gasteiger partial charge in [-0.05, 0) is 54.8 Å². The number of phenols is 1. The van der Waals surface area contributed by atoms with Crippen LogP contribution in [0.5, 0.6) is 5.75 Å². The average Bonchev–Trinajstić information content (AvgIpc) is 2.53. The molecule has 0 radical (unpaired) electrons. The van der Waals surface area contributed by atoms with Crippen LogP contribution in [0.1, 0.15) is 11.1 Å². The molecular weight excluding hydrogens is 345 g/mol. The van der Waals surface area contributed by atoms with Crippen molar-refractivity contribution in [3.8, 4) is 16.9 Å². The molecule has 4 nitrogen and oxygen atoms in total. The number of nitrogens with one attached hydrogen (secondary N) is 1. The zero-order valence-electron chi connectivity index (χ0n) is 13.1. The number of phenolic OH excluding ortho intramolecular Hbond substituents is 1. The molecular formula is C18H15Cl2N3O. The number of aromatic nitrogens is 2. The second-order valence-electron chi connectivity index (χ2n) is 5.45. The first-order valence-electron chi connectivity index (χ1n) is 7.31. The molecule has 0 aliphatic carbocycles. The van der Waals surface area contributed by atoms with Crippen LogP contribution in [0.15, 0.2) is 42.5 Å². The Balaban J connectivity index is 2.02. The quantitative estimate of drug-likeness (QED) is 0.604. The summed E-state index contributed by atoms with van der Waals surface area (Å²) in [6, 6.07) is 13.1. The summed E-state index contributed by atoms with van der Waals surface area (Å²) in [6.45, 7) is 3.64. The lowest BCUT2D eigenvalue weighted by atomic mass is 10.0. The van der Waals surface area contributed by atoms with E-state index in [4.69, 9.17) is 23.2 Å². The predicted molar refractivity (Wildman–Crippen MR) is 98.4 cm³/mol. The molecule has 2 N–H and O–H groups in total. The third kappa shape index (κ3) is 3.30. The Labute approximate surface area is 150 Å². The fourth-order valence-corrected chi connectivity index (χ4v) is 3.06. The van der Waals surface area contributed by atoms with Crippen molar-refractivity contribution in [1.82, 2.24) is 9.97 Å². The Morgan fingerprint density at radius 2 is 1.46 bits per heavy atom. The van der Waals surface area contributed by atoms with Crippen LogP contribution in [0.4, 0.5) is 11.6 Å². The molecule has 0 aliphatic heterocycles. The van der Waals surface area contributed by atoms with E-state index in [1.807, 2.05) is 56.3 Å². The van der Waals surface area contributed by atoms with Crippen LogP contribution in [0.2, 0.25) is 10.3 Å². The fourth-order valence-electron chi connectivity index (χ4n) is 2.45. The van der Waals surface area contributed by atoms with Crippen molar-refractivity contribution in [1.29, 1.82) is 0 Å². The van der Waals surface area contributed by atoms with Crippen LogP contribution in [-0.4, -0.2) is 15.1 Å². The first-order chi connectivity index (χ1) is 11.5. The molecule has 2 aromatic carbocycles. The van der Waals surface area contributed by atoms with Gasteiger partial charge in [0.15, 0.2) is 0 Å². The number of aromatic hydroxyl groups is 1. The van der Waals surface area contributed by atoms with Gasteiger partial charge < -0.3 is 10.4 Å². The van der Waals surface area contributed by atoms with Crippen molar-refractivity contribution in [2.24, 2.45) is 0 Å². The molecule has 1 heterocycles. The van der Waals surface area contributed by atoms with E-state index in [1.165, 1.54) is 0 Å². The molecule has 3 aromatic rings. The number of anilines is 2. The second-order valence-corrected chi connectivity index (χ2v) is 6.17. The number of nitrogens with zero attached hydrogens (tertiary/aromatic N) is 2. The van der Waals surface area contributed by atoms with Crippen molar-refractivity contribution in [3.63, 3.8) is 0 Å². The van der Waals surface area contributed by atoms with E-state index in [-0.39, 0.29) is 16.1 Å². The Morgan fingerprint density at radius 3 is 2.00 bits per heavy atom. The molecule has 0 saturated heterocycles. The highest BCUT2D eigenvalue weighted by molar-refractivity contribution is 6.37. The van der Waals surface area contributed by atoms with E-state index in [1.54, 1.807) is 0 Å². The van der Waals surface area contributed by atoms with Gasteiger partial charge in [0.25, 0.3) is 0 Å². The van der Waals surface area contributed by atoms with Crippen LogP contribution < -0.4 is 5.32 Å². The van der Waals surface area contributed by atoms with E-state index < -0.39 is 0 Å².